The van der Waals surface area contributed by atoms with Gasteiger partial charge in [-0.05, 0) is 42.5 Å². The molecule has 31 heavy (non-hydrogen) atoms. The van der Waals surface area contributed by atoms with Gasteiger partial charge in [-0.15, -0.1) is 0 Å². The van der Waals surface area contributed by atoms with Crippen molar-refractivity contribution in [3.8, 4) is 5.75 Å². The van der Waals surface area contributed by atoms with Gasteiger partial charge in [-0.2, -0.15) is 0 Å². The molecule has 0 fully saturated rings. The number of halogens is 1. The summed E-state index contributed by atoms with van der Waals surface area (Å²) in [5.41, 5.74) is 1.78. The van der Waals surface area contributed by atoms with Crippen LogP contribution in [-0.2, 0) is 15.6 Å². The summed E-state index contributed by atoms with van der Waals surface area (Å²) in [4.78, 5) is 13.7. The Hall–Kier alpha value is -2.05. The minimum atomic E-state index is -1.23. The topological polar surface area (TPSA) is 66.8 Å². The maximum Gasteiger partial charge on any atom is 0.306 e. The van der Waals surface area contributed by atoms with Crippen molar-refractivity contribution in [3.63, 3.8) is 0 Å². The van der Waals surface area contributed by atoms with E-state index < -0.39 is 16.8 Å². The molecule has 2 unspecified atom stereocenters. The summed E-state index contributed by atoms with van der Waals surface area (Å²) in [7, 11) is -1.23. The largest absolute Gasteiger partial charge is 0.491 e. The molecule has 0 saturated carbocycles. The summed E-state index contributed by atoms with van der Waals surface area (Å²) >= 11 is 6.52. The van der Waals surface area contributed by atoms with Gasteiger partial charge in [-0.25, -0.2) is 0 Å². The number of benzene rings is 2. The SMILES string of the molecule is CCCCC1(CC)CN(c2ccccc2)c2cc(Cl)c(OCCC(=O)O)cc2S(=O)C1. The number of carboxylic acids is 1. The molecular weight excluding hydrogens is 434 g/mol. The van der Waals surface area contributed by atoms with Crippen LogP contribution >= 0.6 is 11.6 Å². The van der Waals surface area contributed by atoms with Gasteiger partial charge in [0.05, 0.1) is 39.4 Å². The zero-order valence-electron chi connectivity index (χ0n) is 18.1. The molecule has 7 heteroatoms. The van der Waals surface area contributed by atoms with Crippen LogP contribution in [0.15, 0.2) is 47.4 Å². The highest BCUT2D eigenvalue weighted by Gasteiger charge is 2.38. The van der Waals surface area contributed by atoms with E-state index in [1.54, 1.807) is 6.07 Å². The van der Waals surface area contributed by atoms with E-state index in [2.05, 4.69) is 30.9 Å². The lowest BCUT2D eigenvalue weighted by Crippen LogP contribution is -2.37. The number of para-hydroxylation sites is 1. The van der Waals surface area contributed by atoms with E-state index in [0.717, 1.165) is 43.6 Å². The average molecular weight is 464 g/mol. The first-order valence-electron chi connectivity index (χ1n) is 10.8. The van der Waals surface area contributed by atoms with Crippen LogP contribution in [0, 0.1) is 5.41 Å². The van der Waals surface area contributed by atoms with Crippen LogP contribution in [0.5, 0.6) is 5.75 Å². The zero-order chi connectivity index (χ0) is 22.4. The van der Waals surface area contributed by atoms with Crippen molar-refractivity contribution in [3.05, 3.63) is 47.5 Å². The van der Waals surface area contributed by atoms with Crippen LogP contribution in [0.2, 0.25) is 5.02 Å². The molecule has 1 aliphatic heterocycles. The van der Waals surface area contributed by atoms with Crippen molar-refractivity contribution in [2.75, 3.05) is 23.8 Å². The Morgan fingerprint density at radius 2 is 2.00 bits per heavy atom. The van der Waals surface area contributed by atoms with Crippen molar-refractivity contribution in [2.24, 2.45) is 5.41 Å². The predicted octanol–water partition coefficient (Wildman–Crippen LogP) is 6.04. The fraction of sp³-hybridized carbons (Fsp3) is 0.458. The van der Waals surface area contributed by atoms with Gasteiger partial charge in [0.15, 0.2) is 0 Å². The fourth-order valence-electron chi connectivity index (χ4n) is 4.03. The van der Waals surface area contributed by atoms with Gasteiger partial charge < -0.3 is 14.7 Å². The quantitative estimate of drug-likeness (QED) is 0.491. The molecule has 0 radical (unpaired) electrons. The molecule has 1 heterocycles. The Bertz CT molecular complexity index is 937. The minimum Gasteiger partial charge on any atom is -0.491 e. The van der Waals surface area contributed by atoms with Crippen LogP contribution < -0.4 is 9.64 Å². The van der Waals surface area contributed by atoms with Gasteiger partial charge in [0.25, 0.3) is 0 Å². The summed E-state index contributed by atoms with van der Waals surface area (Å²) in [5, 5.41) is 9.27. The molecule has 0 bridgehead atoms. The zero-order valence-corrected chi connectivity index (χ0v) is 19.7. The van der Waals surface area contributed by atoms with E-state index in [4.69, 9.17) is 21.4 Å². The number of unbranched alkanes of at least 4 members (excludes halogenated alkanes) is 1. The van der Waals surface area contributed by atoms with Crippen LogP contribution in [0.1, 0.15) is 46.0 Å². The van der Waals surface area contributed by atoms with E-state index in [1.807, 2.05) is 24.3 Å². The van der Waals surface area contributed by atoms with Gasteiger partial charge in [-0.1, -0.05) is 56.5 Å². The van der Waals surface area contributed by atoms with Gasteiger partial charge >= 0.3 is 5.97 Å². The van der Waals surface area contributed by atoms with Crippen LogP contribution in [0.4, 0.5) is 11.4 Å². The van der Waals surface area contributed by atoms with Crippen molar-refractivity contribution in [1.29, 1.82) is 0 Å². The van der Waals surface area contributed by atoms with E-state index in [1.165, 1.54) is 0 Å². The molecule has 2 aromatic rings. The van der Waals surface area contributed by atoms with E-state index >= 15 is 0 Å². The van der Waals surface area contributed by atoms with E-state index in [-0.39, 0.29) is 18.4 Å². The highest BCUT2D eigenvalue weighted by atomic mass is 35.5. The molecule has 168 valence electrons. The summed E-state index contributed by atoms with van der Waals surface area (Å²) in [6.07, 6.45) is 4.02. The Kier molecular flexibility index (Phi) is 8.00. The molecule has 0 spiro atoms. The molecule has 1 aliphatic rings. The third-order valence-electron chi connectivity index (χ3n) is 5.93. The maximum absolute atomic E-state index is 13.6. The third-order valence-corrected chi connectivity index (χ3v) is 7.92. The maximum atomic E-state index is 13.6. The average Bonchev–Trinajstić information content (AvgIpc) is 2.88. The van der Waals surface area contributed by atoms with Crippen LogP contribution in [0.25, 0.3) is 0 Å². The smallest absolute Gasteiger partial charge is 0.306 e. The van der Waals surface area contributed by atoms with Crippen molar-refractivity contribution < 1.29 is 18.8 Å². The Balaban J connectivity index is 2.07. The van der Waals surface area contributed by atoms with Crippen molar-refractivity contribution >= 4 is 39.7 Å². The van der Waals surface area contributed by atoms with Crippen molar-refractivity contribution in [2.45, 2.75) is 50.8 Å². The lowest BCUT2D eigenvalue weighted by molar-refractivity contribution is -0.137. The lowest BCUT2D eigenvalue weighted by Gasteiger charge is -2.36. The number of nitrogens with zero attached hydrogens (tertiary/aromatic N) is 1. The van der Waals surface area contributed by atoms with Crippen molar-refractivity contribution in [1.82, 2.24) is 0 Å². The molecule has 1 N–H and O–H groups in total. The number of aliphatic carboxylic acids is 1. The molecule has 5 nitrogen and oxygen atoms in total. The minimum absolute atomic E-state index is 0.0122. The number of rotatable bonds is 9. The molecule has 2 atom stereocenters. The van der Waals surface area contributed by atoms with Crippen LogP contribution in [-0.4, -0.2) is 34.2 Å². The highest BCUT2D eigenvalue weighted by molar-refractivity contribution is 7.85. The highest BCUT2D eigenvalue weighted by Crippen LogP contribution is 2.45. The molecular formula is C24H30ClNO4S. The first kappa shape index (κ1) is 23.6. The normalized spacial score (nSPS) is 20.7. The molecule has 2 aromatic carbocycles. The van der Waals surface area contributed by atoms with E-state index in [9.17, 15) is 9.00 Å². The number of fused-ring (bicyclic) bond motifs is 1. The van der Waals surface area contributed by atoms with Gasteiger partial charge in [0.2, 0.25) is 0 Å². The van der Waals surface area contributed by atoms with Gasteiger partial charge in [0.1, 0.15) is 5.75 Å². The number of carbonyl (C=O) groups is 1. The second-order valence-electron chi connectivity index (χ2n) is 8.11. The number of hydrogen-bond acceptors (Lipinski definition) is 4. The molecule has 3 rings (SSSR count). The monoisotopic (exact) mass is 463 g/mol. The number of ether oxygens (including phenoxy) is 1. The third kappa shape index (κ3) is 5.60. The molecule has 0 saturated heterocycles. The Labute approximate surface area is 191 Å². The van der Waals surface area contributed by atoms with Crippen LogP contribution in [0.3, 0.4) is 0 Å². The first-order valence-corrected chi connectivity index (χ1v) is 12.5. The van der Waals surface area contributed by atoms with E-state index in [0.29, 0.717) is 21.4 Å². The fourth-order valence-corrected chi connectivity index (χ4v) is 6.04. The first-order chi connectivity index (χ1) is 14.9. The summed E-state index contributed by atoms with van der Waals surface area (Å²) in [6.45, 7) is 5.14. The Morgan fingerprint density at radius 1 is 1.26 bits per heavy atom. The summed E-state index contributed by atoms with van der Waals surface area (Å²) < 4.78 is 19.2. The molecule has 0 amide bonds. The molecule has 0 aromatic heterocycles. The number of anilines is 2. The number of carboxylic acid groups (broad SMARTS) is 1. The van der Waals surface area contributed by atoms with Gasteiger partial charge in [-0.3, -0.25) is 9.00 Å². The second kappa shape index (κ2) is 10.5. The predicted molar refractivity (Wildman–Crippen MR) is 126 cm³/mol. The summed E-state index contributed by atoms with van der Waals surface area (Å²) in [6, 6.07) is 13.6. The second-order valence-corrected chi connectivity index (χ2v) is 9.94. The van der Waals surface area contributed by atoms with Gasteiger partial charge in [0, 0.05) is 18.0 Å². The lowest BCUT2D eigenvalue weighted by atomic mass is 9.81. The number of hydrogen-bond donors (Lipinski definition) is 1. The molecule has 0 aliphatic carbocycles. The standard InChI is InChI=1S/C24H30ClNO4S/c1-3-5-12-24(4-2)16-26(18-9-7-6-8-10-18)20-14-19(25)21(30-13-11-23(27)28)15-22(20)31(29)17-24/h6-10,14-15H,3-5,11-13,16-17H2,1-2H3,(H,27,28). The Morgan fingerprint density at radius 3 is 2.65 bits per heavy atom. The summed E-state index contributed by atoms with van der Waals surface area (Å²) in [5.74, 6) is 0.0182.